The predicted octanol–water partition coefficient (Wildman–Crippen LogP) is 6.29. The van der Waals surface area contributed by atoms with Gasteiger partial charge in [0, 0.05) is 19.1 Å². The van der Waals surface area contributed by atoms with Crippen LogP contribution >= 0.6 is 11.3 Å². The number of rotatable bonds is 7. The van der Waals surface area contributed by atoms with Crippen LogP contribution in [0.4, 0.5) is 38.9 Å². The normalized spacial score (nSPS) is 23.7. The van der Waals surface area contributed by atoms with E-state index in [1.165, 1.54) is 12.8 Å². The van der Waals surface area contributed by atoms with Crippen molar-refractivity contribution in [2.24, 2.45) is 11.8 Å². The quantitative estimate of drug-likeness (QED) is 0.206. The van der Waals surface area contributed by atoms with Gasteiger partial charge in [-0.05, 0) is 58.1 Å². The first kappa shape index (κ1) is 31.7. The lowest BCUT2D eigenvalue weighted by atomic mass is 10.1. The third kappa shape index (κ3) is 8.18. The number of aryl methyl sites for hydroxylation is 1. The molecule has 0 spiro atoms. The predicted molar refractivity (Wildman–Crippen MR) is 148 cm³/mol. The molecule has 1 aliphatic heterocycles. The van der Waals surface area contributed by atoms with E-state index in [9.17, 15) is 22.7 Å². The number of hydrogen-bond donors (Lipinski definition) is 3. The van der Waals surface area contributed by atoms with E-state index >= 15 is 0 Å². The SMILES string of the molecule is Cc1nc(NCC2CC2)nc(N[C@@H]2C[C@H](CO)[C@H]3OC(C)(C)O[C@H]32)c1-c1nc2ccccc2s1.O=C(F)F.O=C(F)F. The van der Waals surface area contributed by atoms with E-state index in [1.54, 1.807) is 11.3 Å². The minimum absolute atomic E-state index is 0.0190. The number of aliphatic hydroxyl groups excluding tert-OH is 1. The third-order valence-electron chi connectivity index (χ3n) is 6.98. The molecule has 2 saturated carbocycles. The number of carbonyl (C=O) groups excluding carboxylic acids is 2. The van der Waals surface area contributed by atoms with Crippen LogP contribution in [0.2, 0.25) is 0 Å². The lowest BCUT2D eigenvalue weighted by molar-refractivity contribution is -0.158. The highest BCUT2D eigenvalue weighted by Gasteiger charge is 2.54. The lowest BCUT2D eigenvalue weighted by Crippen LogP contribution is -2.35. The van der Waals surface area contributed by atoms with Gasteiger partial charge in [-0.1, -0.05) is 12.1 Å². The smallest absolute Gasteiger partial charge is 0.396 e. The maximum Gasteiger partial charge on any atom is 0.483 e. The minimum atomic E-state index is -2.83. The van der Waals surface area contributed by atoms with E-state index in [1.807, 2.05) is 39.0 Å². The molecule has 0 unspecified atom stereocenters. The molecule has 0 bridgehead atoms. The van der Waals surface area contributed by atoms with Crippen LogP contribution < -0.4 is 10.6 Å². The molecule has 3 fully saturated rings. The average Bonchev–Trinajstić information content (AvgIpc) is 3.42. The molecule has 1 saturated heterocycles. The van der Waals surface area contributed by atoms with E-state index in [2.05, 4.69) is 16.7 Å². The Labute approximate surface area is 242 Å². The standard InChI is InChI=1S/C25H31N5O3S.2CF2O/c1-13-19(23-29-16-6-4-5-7-18(16)34-23)22(30-24(27-13)26-11-14-8-9-14)28-17-10-15(12-31)20-21(17)33-25(2,3)32-20;2*2-1(3)4/h4-7,14-15,17,20-21,31H,8-12H2,1-3H3,(H2,26,27,28,30);;/t15-,17-,20-,21+;;/m1../s1. The van der Waals surface area contributed by atoms with Gasteiger partial charge in [-0.2, -0.15) is 4.98 Å². The fourth-order valence-corrected chi connectivity index (χ4v) is 6.20. The molecule has 228 valence electrons. The van der Waals surface area contributed by atoms with Gasteiger partial charge >= 0.3 is 12.6 Å². The van der Waals surface area contributed by atoms with Crippen molar-refractivity contribution in [3.05, 3.63) is 30.0 Å². The molecule has 1 aromatic carbocycles. The van der Waals surface area contributed by atoms with Crippen molar-refractivity contribution >= 4 is 45.9 Å². The van der Waals surface area contributed by atoms with Crippen molar-refractivity contribution in [1.82, 2.24) is 15.0 Å². The van der Waals surface area contributed by atoms with Crippen molar-refractivity contribution in [2.45, 2.75) is 64.1 Å². The summed E-state index contributed by atoms with van der Waals surface area (Å²) in [5.74, 6) is 1.45. The van der Waals surface area contributed by atoms with E-state index in [0.29, 0.717) is 5.95 Å². The Morgan fingerprint density at radius 2 is 1.69 bits per heavy atom. The number of halogens is 4. The number of carbonyl (C=O) groups is 2. The van der Waals surface area contributed by atoms with Gasteiger partial charge in [0.25, 0.3) is 0 Å². The fourth-order valence-electron chi connectivity index (χ4n) is 5.13. The molecule has 3 heterocycles. The second-order valence-electron chi connectivity index (χ2n) is 10.6. The molecule has 2 aliphatic carbocycles. The van der Waals surface area contributed by atoms with Gasteiger partial charge in [0.15, 0.2) is 5.79 Å². The fraction of sp³-hybridized carbons (Fsp3) is 0.519. The molecule has 10 nitrogen and oxygen atoms in total. The van der Waals surface area contributed by atoms with Gasteiger partial charge in [-0.25, -0.2) is 19.6 Å². The minimum Gasteiger partial charge on any atom is -0.396 e. The van der Waals surface area contributed by atoms with Crippen LogP contribution in [0.5, 0.6) is 0 Å². The Balaban J connectivity index is 0.000000453. The second-order valence-corrected chi connectivity index (χ2v) is 11.6. The number of benzene rings is 1. The molecule has 42 heavy (non-hydrogen) atoms. The summed E-state index contributed by atoms with van der Waals surface area (Å²) in [7, 11) is 0. The number of thiazole rings is 1. The Hall–Kier alpha value is -3.27. The Morgan fingerprint density at radius 3 is 2.31 bits per heavy atom. The highest BCUT2D eigenvalue weighted by molar-refractivity contribution is 7.21. The number of hydrogen-bond acceptors (Lipinski definition) is 11. The Kier molecular flexibility index (Phi) is 10.1. The molecule has 4 atom stereocenters. The number of nitrogens with one attached hydrogen (secondary N) is 2. The van der Waals surface area contributed by atoms with Crippen LogP contribution in [-0.4, -0.2) is 69.8 Å². The summed E-state index contributed by atoms with van der Waals surface area (Å²) in [6, 6.07) is 8.12. The number of aromatic nitrogens is 3. The largest absolute Gasteiger partial charge is 0.483 e. The number of para-hydroxylation sites is 1. The van der Waals surface area contributed by atoms with Gasteiger partial charge < -0.3 is 25.2 Å². The molecule has 15 heteroatoms. The van der Waals surface area contributed by atoms with Gasteiger partial charge in [0.1, 0.15) is 16.9 Å². The van der Waals surface area contributed by atoms with Crippen molar-refractivity contribution in [2.75, 3.05) is 23.8 Å². The summed E-state index contributed by atoms with van der Waals surface area (Å²) in [4.78, 5) is 30.8. The molecular formula is C27H31F4N5O5S. The zero-order valence-electron chi connectivity index (χ0n) is 23.1. The van der Waals surface area contributed by atoms with Gasteiger partial charge in [0.2, 0.25) is 5.95 Å². The monoisotopic (exact) mass is 613 g/mol. The van der Waals surface area contributed by atoms with Crippen LogP contribution in [-0.2, 0) is 9.47 Å². The molecule has 2 aromatic heterocycles. The average molecular weight is 614 g/mol. The maximum atomic E-state index is 9.99. The van der Waals surface area contributed by atoms with Gasteiger partial charge in [-0.15, -0.1) is 28.9 Å². The van der Waals surface area contributed by atoms with Crippen LogP contribution in [0, 0.1) is 18.8 Å². The number of aliphatic hydroxyl groups is 1. The Bertz CT molecular complexity index is 1370. The zero-order valence-corrected chi connectivity index (χ0v) is 23.9. The second kappa shape index (κ2) is 13.4. The number of nitrogens with zero attached hydrogens (tertiary/aromatic N) is 3. The van der Waals surface area contributed by atoms with E-state index in [0.717, 1.165) is 51.2 Å². The first-order valence-corrected chi connectivity index (χ1v) is 14.1. The highest BCUT2D eigenvalue weighted by atomic mass is 32.1. The molecule has 3 N–H and O–H groups in total. The molecule has 3 aromatic rings. The lowest BCUT2D eigenvalue weighted by Gasteiger charge is -2.25. The van der Waals surface area contributed by atoms with Gasteiger partial charge in [0.05, 0.1) is 33.6 Å². The van der Waals surface area contributed by atoms with Crippen molar-refractivity contribution in [3.8, 4) is 10.6 Å². The molecule has 6 rings (SSSR count). The molecule has 3 aliphatic rings. The topological polar surface area (TPSA) is 136 Å². The van der Waals surface area contributed by atoms with Crippen molar-refractivity contribution in [3.63, 3.8) is 0 Å². The van der Waals surface area contributed by atoms with E-state index in [4.69, 9.17) is 34.0 Å². The zero-order chi connectivity index (χ0) is 30.6. The summed E-state index contributed by atoms with van der Waals surface area (Å²) in [6.07, 6.45) is -2.69. The molecule has 0 radical (unpaired) electrons. The van der Waals surface area contributed by atoms with Crippen molar-refractivity contribution in [1.29, 1.82) is 0 Å². The number of fused-ring (bicyclic) bond motifs is 2. The molecule has 0 amide bonds. The maximum absolute atomic E-state index is 9.99. The van der Waals surface area contributed by atoms with Crippen molar-refractivity contribution < 1.29 is 41.7 Å². The first-order chi connectivity index (χ1) is 19.9. The van der Waals surface area contributed by atoms with E-state index < -0.39 is 18.4 Å². The summed E-state index contributed by atoms with van der Waals surface area (Å²) in [5, 5.41) is 18.0. The summed E-state index contributed by atoms with van der Waals surface area (Å²) < 4.78 is 52.3. The number of anilines is 2. The van der Waals surface area contributed by atoms with Crippen LogP contribution in [0.1, 0.15) is 38.8 Å². The Morgan fingerprint density at radius 1 is 1.05 bits per heavy atom. The summed E-state index contributed by atoms with van der Waals surface area (Å²) in [6.45, 7) is 6.84. The third-order valence-corrected chi connectivity index (χ3v) is 8.04. The molecular weight excluding hydrogens is 582 g/mol. The number of ether oxygens (including phenoxy) is 2. The summed E-state index contributed by atoms with van der Waals surface area (Å²) >= 11 is 1.65. The first-order valence-electron chi connectivity index (χ1n) is 13.3. The van der Waals surface area contributed by atoms with Crippen LogP contribution in [0.25, 0.3) is 20.8 Å². The van der Waals surface area contributed by atoms with E-state index in [-0.39, 0.29) is 30.8 Å². The van der Waals surface area contributed by atoms with Gasteiger partial charge in [-0.3, -0.25) is 0 Å². The highest BCUT2D eigenvalue weighted by Crippen LogP contribution is 2.44. The van der Waals surface area contributed by atoms with Crippen LogP contribution in [0.3, 0.4) is 0 Å². The summed E-state index contributed by atoms with van der Waals surface area (Å²) in [5.41, 5.74) is 2.77. The van der Waals surface area contributed by atoms with Crippen LogP contribution in [0.15, 0.2) is 24.3 Å².